The predicted molar refractivity (Wildman–Crippen MR) is 95.0 cm³/mol. The van der Waals surface area contributed by atoms with E-state index < -0.39 is 15.4 Å². The molecule has 24 heavy (non-hydrogen) atoms. The Kier molecular flexibility index (Phi) is 5.29. The molecule has 2 aromatic carbocycles. The molecule has 0 spiro atoms. The predicted octanol–water partition coefficient (Wildman–Crippen LogP) is 3.15. The summed E-state index contributed by atoms with van der Waals surface area (Å²) in [6, 6.07) is 15.2. The van der Waals surface area contributed by atoms with Crippen molar-refractivity contribution in [2.24, 2.45) is 5.41 Å². The molecule has 0 aliphatic carbocycles. The molecule has 0 saturated heterocycles. The standard InChI is InChI=1S/C18H22N2O3S/c1-18(2,3)17(21)19-13-14-9-7-8-12-16(14)20-24(22,23)15-10-5-4-6-11-15/h4-12,20H,13H2,1-3H3,(H,19,21). The van der Waals surface area contributed by atoms with Crippen molar-refractivity contribution >= 4 is 21.6 Å². The third kappa shape index (κ3) is 4.58. The smallest absolute Gasteiger partial charge is 0.261 e. The first kappa shape index (κ1) is 18.0. The molecule has 1 amide bonds. The van der Waals surface area contributed by atoms with Gasteiger partial charge in [0.05, 0.1) is 10.6 Å². The lowest BCUT2D eigenvalue weighted by atomic mass is 9.95. The molecule has 2 rings (SSSR count). The first-order valence-electron chi connectivity index (χ1n) is 7.64. The van der Waals surface area contributed by atoms with Crippen LogP contribution in [-0.2, 0) is 21.4 Å². The number of sulfonamides is 1. The second-order valence-electron chi connectivity index (χ2n) is 6.51. The Morgan fingerprint density at radius 2 is 1.54 bits per heavy atom. The lowest BCUT2D eigenvalue weighted by Crippen LogP contribution is -2.34. The topological polar surface area (TPSA) is 75.3 Å². The zero-order valence-corrected chi connectivity index (χ0v) is 14.9. The van der Waals surface area contributed by atoms with Crippen LogP contribution in [0.1, 0.15) is 26.3 Å². The fourth-order valence-electron chi connectivity index (χ4n) is 2.02. The van der Waals surface area contributed by atoms with Crippen molar-refractivity contribution in [2.45, 2.75) is 32.2 Å². The highest BCUT2D eigenvalue weighted by Crippen LogP contribution is 2.20. The van der Waals surface area contributed by atoms with E-state index in [1.54, 1.807) is 42.5 Å². The largest absolute Gasteiger partial charge is 0.351 e. The summed E-state index contributed by atoms with van der Waals surface area (Å²) in [6.45, 7) is 5.73. The van der Waals surface area contributed by atoms with Gasteiger partial charge in [-0.2, -0.15) is 0 Å². The highest BCUT2D eigenvalue weighted by Gasteiger charge is 2.21. The summed E-state index contributed by atoms with van der Waals surface area (Å²) in [5.74, 6) is -0.0942. The van der Waals surface area contributed by atoms with E-state index >= 15 is 0 Å². The van der Waals surface area contributed by atoms with E-state index in [0.29, 0.717) is 11.3 Å². The lowest BCUT2D eigenvalue weighted by Gasteiger charge is -2.19. The molecule has 2 aromatic rings. The second-order valence-corrected chi connectivity index (χ2v) is 8.19. The molecule has 6 heteroatoms. The molecule has 2 N–H and O–H groups in total. The third-order valence-electron chi connectivity index (χ3n) is 3.44. The Morgan fingerprint density at radius 1 is 0.958 bits per heavy atom. The van der Waals surface area contributed by atoms with Crippen LogP contribution < -0.4 is 10.0 Å². The highest BCUT2D eigenvalue weighted by molar-refractivity contribution is 7.92. The Morgan fingerprint density at radius 3 is 2.17 bits per heavy atom. The molecule has 0 fully saturated rings. The normalized spacial score (nSPS) is 11.8. The molecule has 128 valence electrons. The van der Waals surface area contributed by atoms with Crippen molar-refractivity contribution in [1.29, 1.82) is 0 Å². The van der Waals surface area contributed by atoms with Gasteiger partial charge in [0.25, 0.3) is 10.0 Å². The minimum absolute atomic E-state index is 0.0942. The zero-order valence-electron chi connectivity index (χ0n) is 14.0. The highest BCUT2D eigenvalue weighted by atomic mass is 32.2. The SMILES string of the molecule is CC(C)(C)C(=O)NCc1ccccc1NS(=O)(=O)c1ccccc1. The number of hydrogen-bond acceptors (Lipinski definition) is 3. The number of anilines is 1. The number of rotatable bonds is 5. The number of nitrogens with one attached hydrogen (secondary N) is 2. The molecule has 0 saturated carbocycles. The molecule has 0 aliphatic heterocycles. The van der Waals surface area contributed by atoms with E-state index in [-0.39, 0.29) is 17.3 Å². The minimum Gasteiger partial charge on any atom is -0.351 e. The summed E-state index contributed by atoms with van der Waals surface area (Å²) < 4.78 is 27.5. The summed E-state index contributed by atoms with van der Waals surface area (Å²) in [7, 11) is -3.67. The van der Waals surface area contributed by atoms with Gasteiger partial charge in [0.2, 0.25) is 5.91 Å². The van der Waals surface area contributed by atoms with Gasteiger partial charge in [0, 0.05) is 12.0 Å². The molecule has 0 atom stereocenters. The van der Waals surface area contributed by atoms with E-state index in [1.807, 2.05) is 20.8 Å². The number of hydrogen-bond donors (Lipinski definition) is 2. The van der Waals surface area contributed by atoms with Crippen LogP contribution in [0.3, 0.4) is 0 Å². The maximum Gasteiger partial charge on any atom is 0.261 e. The molecular formula is C18H22N2O3S. The quantitative estimate of drug-likeness (QED) is 0.873. The number of amides is 1. The molecule has 0 bridgehead atoms. The average molecular weight is 346 g/mol. The monoisotopic (exact) mass is 346 g/mol. The van der Waals surface area contributed by atoms with Crippen molar-refractivity contribution in [3.63, 3.8) is 0 Å². The summed E-state index contributed by atoms with van der Waals surface area (Å²) in [5, 5.41) is 2.83. The number of carbonyl (C=O) groups is 1. The van der Waals surface area contributed by atoms with Crippen molar-refractivity contribution in [3.8, 4) is 0 Å². The molecule has 0 aromatic heterocycles. The van der Waals surface area contributed by atoms with Crippen LogP contribution in [0, 0.1) is 5.41 Å². The summed E-state index contributed by atoms with van der Waals surface area (Å²) >= 11 is 0. The molecule has 0 unspecified atom stereocenters. The summed E-state index contributed by atoms with van der Waals surface area (Å²) in [4.78, 5) is 12.2. The van der Waals surface area contributed by atoms with Crippen LogP contribution in [0.25, 0.3) is 0 Å². The number of carbonyl (C=O) groups excluding carboxylic acids is 1. The van der Waals surface area contributed by atoms with E-state index in [9.17, 15) is 13.2 Å². The first-order valence-corrected chi connectivity index (χ1v) is 9.12. The van der Waals surface area contributed by atoms with Gasteiger partial charge in [0.15, 0.2) is 0 Å². The lowest BCUT2D eigenvalue weighted by molar-refractivity contribution is -0.128. The Labute approximate surface area is 143 Å². The molecule has 0 aliphatic rings. The van der Waals surface area contributed by atoms with E-state index in [1.165, 1.54) is 12.1 Å². The Balaban J connectivity index is 2.19. The molecule has 0 heterocycles. The van der Waals surface area contributed by atoms with Gasteiger partial charge in [0.1, 0.15) is 0 Å². The van der Waals surface area contributed by atoms with E-state index in [2.05, 4.69) is 10.0 Å². The van der Waals surface area contributed by atoms with Crippen molar-refractivity contribution < 1.29 is 13.2 Å². The molecular weight excluding hydrogens is 324 g/mol. The number of benzene rings is 2. The maximum absolute atomic E-state index is 12.5. The minimum atomic E-state index is -3.67. The van der Waals surface area contributed by atoms with Gasteiger partial charge in [-0.1, -0.05) is 57.2 Å². The molecule has 5 nitrogen and oxygen atoms in total. The third-order valence-corrected chi connectivity index (χ3v) is 4.82. The van der Waals surface area contributed by atoms with Crippen LogP contribution >= 0.6 is 0 Å². The summed E-state index contributed by atoms with van der Waals surface area (Å²) in [6.07, 6.45) is 0. The maximum atomic E-state index is 12.5. The Hall–Kier alpha value is -2.34. The second kappa shape index (κ2) is 7.05. The first-order chi connectivity index (χ1) is 11.2. The van der Waals surface area contributed by atoms with Crippen molar-refractivity contribution in [2.75, 3.05) is 4.72 Å². The summed E-state index contributed by atoms with van der Waals surface area (Å²) in [5.41, 5.74) is 0.656. The van der Waals surface area contributed by atoms with E-state index in [4.69, 9.17) is 0 Å². The number of para-hydroxylation sites is 1. The van der Waals surface area contributed by atoms with Gasteiger partial charge in [-0.3, -0.25) is 9.52 Å². The van der Waals surface area contributed by atoms with Crippen LogP contribution in [0.15, 0.2) is 59.5 Å². The van der Waals surface area contributed by atoms with Gasteiger partial charge < -0.3 is 5.32 Å². The van der Waals surface area contributed by atoms with Crippen LogP contribution in [-0.4, -0.2) is 14.3 Å². The van der Waals surface area contributed by atoms with E-state index in [0.717, 1.165) is 0 Å². The zero-order chi connectivity index (χ0) is 17.8. The van der Waals surface area contributed by atoms with Gasteiger partial charge in [-0.25, -0.2) is 8.42 Å². The van der Waals surface area contributed by atoms with Gasteiger partial charge in [-0.05, 0) is 23.8 Å². The van der Waals surface area contributed by atoms with Crippen molar-refractivity contribution in [3.05, 3.63) is 60.2 Å². The fraction of sp³-hybridized carbons (Fsp3) is 0.278. The van der Waals surface area contributed by atoms with Gasteiger partial charge >= 0.3 is 0 Å². The van der Waals surface area contributed by atoms with Crippen LogP contribution in [0.5, 0.6) is 0 Å². The molecule has 0 radical (unpaired) electrons. The van der Waals surface area contributed by atoms with Crippen molar-refractivity contribution in [1.82, 2.24) is 5.32 Å². The average Bonchev–Trinajstić information content (AvgIpc) is 2.53. The van der Waals surface area contributed by atoms with Crippen LogP contribution in [0.4, 0.5) is 5.69 Å². The Bertz CT molecular complexity index is 810. The van der Waals surface area contributed by atoms with Gasteiger partial charge in [-0.15, -0.1) is 0 Å². The van der Waals surface area contributed by atoms with Crippen LogP contribution in [0.2, 0.25) is 0 Å². The fourth-order valence-corrected chi connectivity index (χ4v) is 3.14.